The molecule has 9 heteroatoms. The number of ether oxygens (including phenoxy) is 2. The van der Waals surface area contributed by atoms with E-state index >= 15 is 4.39 Å². The third-order valence-corrected chi connectivity index (χ3v) is 4.97. The molecule has 1 fully saturated rings. The first-order valence-electron chi connectivity index (χ1n) is 9.45. The van der Waals surface area contributed by atoms with Gasteiger partial charge in [0, 0.05) is 6.07 Å². The highest BCUT2D eigenvalue weighted by Crippen LogP contribution is 2.53. The van der Waals surface area contributed by atoms with E-state index in [2.05, 4.69) is 10.1 Å². The summed E-state index contributed by atoms with van der Waals surface area (Å²) in [5.74, 6) is -0.355. The van der Waals surface area contributed by atoms with Gasteiger partial charge in [0.15, 0.2) is 6.20 Å². The van der Waals surface area contributed by atoms with Crippen LogP contribution in [0.4, 0.5) is 23.2 Å². The van der Waals surface area contributed by atoms with Crippen LogP contribution >= 0.6 is 0 Å². The third kappa shape index (κ3) is 4.65. The van der Waals surface area contributed by atoms with Gasteiger partial charge in [0.25, 0.3) is 0 Å². The molecular formula is C22H18F4N2O3. The molecule has 0 saturated heterocycles. The lowest BCUT2D eigenvalue weighted by Crippen LogP contribution is -2.27. The minimum Gasteiger partial charge on any atom is -0.619 e. The molecule has 0 aliphatic heterocycles. The lowest BCUT2D eigenvalue weighted by molar-refractivity contribution is -0.604. The molecule has 0 spiro atoms. The van der Waals surface area contributed by atoms with Gasteiger partial charge in [-0.15, -0.1) is 13.2 Å². The molecule has 31 heavy (non-hydrogen) atoms. The number of aromatic nitrogens is 1. The van der Waals surface area contributed by atoms with Crippen LogP contribution in [0.2, 0.25) is 0 Å². The maximum Gasteiger partial charge on any atom is 0.573 e. The molecule has 1 aliphatic carbocycles. The molecule has 162 valence electrons. The quantitative estimate of drug-likeness (QED) is 0.314. The molecule has 0 radical (unpaired) electrons. The summed E-state index contributed by atoms with van der Waals surface area (Å²) in [7, 11) is 0. The standard InChI is InChI=1S/C22H18F4N2O3/c1-14-4-9-18(30-16-5-7-17(8-6-16)31-22(24,25)26)19(20(14)23)21(10-11-21)27-15-3-2-12-28(29)13-15/h2-9,12-13,27H,10-11H2,1H3. The second-order valence-electron chi connectivity index (χ2n) is 7.35. The Bertz CT molecular complexity index is 1100. The van der Waals surface area contributed by atoms with Gasteiger partial charge in [0.05, 0.1) is 11.1 Å². The number of anilines is 1. The van der Waals surface area contributed by atoms with Crippen LogP contribution in [-0.4, -0.2) is 6.36 Å². The van der Waals surface area contributed by atoms with Gasteiger partial charge < -0.3 is 20.0 Å². The lowest BCUT2D eigenvalue weighted by Gasteiger charge is -2.23. The normalized spacial score (nSPS) is 14.7. The first kappa shape index (κ1) is 20.8. The summed E-state index contributed by atoms with van der Waals surface area (Å²) in [6.07, 6.45) is -0.850. The van der Waals surface area contributed by atoms with Crippen LogP contribution < -0.4 is 19.5 Å². The van der Waals surface area contributed by atoms with E-state index in [1.54, 1.807) is 31.2 Å². The molecule has 0 bridgehead atoms. The second kappa shape index (κ2) is 7.64. The van der Waals surface area contributed by atoms with E-state index in [4.69, 9.17) is 4.74 Å². The number of nitrogens with one attached hydrogen (secondary N) is 1. The van der Waals surface area contributed by atoms with E-state index < -0.39 is 17.7 Å². The molecule has 1 heterocycles. The second-order valence-corrected chi connectivity index (χ2v) is 7.35. The van der Waals surface area contributed by atoms with E-state index in [1.807, 2.05) is 0 Å². The third-order valence-electron chi connectivity index (χ3n) is 4.97. The summed E-state index contributed by atoms with van der Waals surface area (Å²) in [6.45, 7) is 1.64. The van der Waals surface area contributed by atoms with Crippen LogP contribution in [0.25, 0.3) is 0 Å². The van der Waals surface area contributed by atoms with Crippen molar-refractivity contribution in [1.82, 2.24) is 0 Å². The Morgan fingerprint density at radius 1 is 1.03 bits per heavy atom. The van der Waals surface area contributed by atoms with Crippen LogP contribution in [-0.2, 0) is 5.54 Å². The minimum absolute atomic E-state index is 0.229. The number of hydrogen-bond donors (Lipinski definition) is 1. The molecule has 2 aromatic carbocycles. The van der Waals surface area contributed by atoms with Crippen LogP contribution in [0.5, 0.6) is 17.2 Å². The Balaban J connectivity index is 1.63. The Labute approximate surface area is 175 Å². The molecular weight excluding hydrogens is 416 g/mol. The van der Waals surface area contributed by atoms with Gasteiger partial charge in [-0.25, -0.2) is 4.39 Å². The zero-order valence-corrected chi connectivity index (χ0v) is 16.4. The van der Waals surface area contributed by atoms with Gasteiger partial charge in [-0.1, -0.05) is 6.07 Å². The highest BCUT2D eigenvalue weighted by Gasteiger charge is 2.49. The van der Waals surface area contributed by atoms with Gasteiger partial charge in [-0.05, 0) is 61.7 Å². The summed E-state index contributed by atoms with van der Waals surface area (Å²) in [4.78, 5) is 0. The van der Waals surface area contributed by atoms with Gasteiger partial charge in [0.2, 0.25) is 6.20 Å². The fraction of sp³-hybridized carbons (Fsp3) is 0.227. The van der Waals surface area contributed by atoms with Gasteiger partial charge in [-0.2, -0.15) is 4.73 Å². The van der Waals surface area contributed by atoms with E-state index in [0.717, 1.165) is 12.1 Å². The number of hydrogen-bond acceptors (Lipinski definition) is 4. The first-order chi connectivity index (χ1) is 14.7. The molecule has 1 aliphatic rings. The summed E-state index contributed by atoms with van der Waals surface area (Å²) in [6, 6.07) is 11.3. The van der Waals surface area contributed by atoms with Gasteiger partial charge >= 0.3 is 6.36 Å². The number of alkyl halides is 3. The fourth-order valence-electron chi connectivity index (χ4n) is 3.40. The van der Waals surface area contributed by atoms with Gasteiger partial charge in [-0.3, -0.25) is 0 Å². The van der Waals surface area contributed by atoms with Crippen molar-refractivity contribution in [3.63, 3.8) is 0 Å². The van der Waals surface area contributed by atoms with Crippen molar-refractivity contribution < 1.29 is 31.8 Å². The minimum atomic E-state index is -4.79. The zero-order valence-electron chi connectivity index (χ0n) is 16.4. The van der Waals surface area contributed by atoms with Crippen LogP contribution in [0.15, 0.2) is 60.9 Å². The molecule has 0 amide bonds. The van der Waals surface area contributed by atoms with Crippen LogP contribution in [0, 0.1) is 17.9 Å². The molecule has 1 saturated carbocycles. The van der Waals surface area contributed by atoms with Crippen molar-refractivity contribution in [2.24, 2.45) is 0 Å². The molecule has 1 N–H and O–H groups in total. The maximum atomic E-state index is 15.2. The van der Waals surface area contributed by atoms with Crippen molar-refractivity contribution in [1.29, 1.82) is 0 Å². The fourth-order valence-corrected chi connectivity index (χ4v) is 3.40. The largest absolute Gasteiger partial charge is 0.619 e. The van der Waals surface area contributed by atoms with Crippen molar-refractivity contribution in [3.8, 4) is 17.2 Å². The van der Waals surface area contributed by atoms with Crippen molar-refractivity contribution in [2.45, 2.75) is 31.7 Å². The lowest BCUT2D eigenvalue weighted by atomic mass is 9.99. The number of pyridine rings is 1. The van der Waals surface area contributed by atoms with E-state index in [1.165, 1.54) is 24.5 Å². The number of rotatable bonds is 6. The van der Waals surface area contributed by atoms with E-state index in [0.29, 0.717) is 34.4 Å². The average Bonchev–Trinajstić information content (AvgIpc) is 3.45. The molecule has 5 nitrogen and oxygen atoms in total. The van der Waals surface area contributed by atoms with Crippen LogP contribution in [0.1, 0.15) is 24.0 Å². The molecule has 0 unspecified atom stereocenters. The predicted octanol–water partition coefficient (Wildman–Crippen LogP) is 5.56. The Morgan fingerprint density at radius 2 is 1.71 bits per heavy atom. The topological polar surface area (TPSA) is 57.4 Å². The van der Waals surface area contributed by atoms with E-state index in [-0.39, 0.29) is 17.2 Å². The summed E-state index contributed by atoms with van der Waals surface area (Å²) >= 11 is 0. The Kier molecular flexibility index (Phi) is 5.12. The number of aryl methyl sites for hydroxylation is 1. The summed E-state index contributed by atoms with van der Waals surface area (Å²) < 4.78 is 62.6. The maximum absolute atomic E-state index is 15.2. The van der Waals surface area contributed by atoms with Gasteiger partial charge in [0.1, 0.15) is 28.8 Å². The molecule has 3 aromatic rings. The summed E-state index contributed by atoms with van der Waals surface area (Å²) in [5.41, 5.74) is 0.523. The summed E-state index contributed by atoms with van der Waals surface area (Å²) in [5, 5.41) is 14.8. The van der Waals surface area contributed by atoms with Crippen molar-refractivity contribution in [3.05, 3.63) is 83.1 Å². The Morgan fingerprint density at radius 3 is 2.32 bits per heavy atom. The number of benzene rings is 2. The highest BCUT2D eigenvalue weighted by atomic mass is 19.4. The molecule has 1 aromatic heterocycles. The van der Waals surface area contributed by atoms with E-state index in [9.17, 15) is 18.4 Å². The SMILES string of the molecule is Cc1ccc(Oc2ccc(OC(F)(F)F)cc2)c(C2(Nc3ccc[n+]([O-])c3)CC2)c1F. The predicted molar refractivity (Wildman–Crippen MR) is 104 cm³/mol. The Hall–Kier alpha value is -3.49. The number of nitrogens with zero attached hydrogens (tertiary/aromatic N) is 1. The monoisotopic (exact) mass is 434 g/mol. The highest BCUT2D eigenvalue weighted by molar-refractivity contribution is 5.55. The smallest absolute Gasteiger partial charge is 0.573 e. The van der Waals surface area contributed by atoms with Crippen molar-refractivity contribution in [2.75, 3.05) is 5.32 Å². The molecule has 4 rings (SSSR count). The van der Waals surface area contributed by atoms with Crippen molar-refractivity contribution >= 4 is 5.69 Å². The first-order valence-corrected chi connectivity index (χ1v) is 9.45. The zero-order chi connectivity index (χ0) is 22.2. The average molecular weight is 434 g/mol. The number of halogens is 4. The van der Waals surface area contributed by atoms with Crippen LogP contribution in [0.3, 0.4) is 0 Å². The molecule has 0 atom stereocenters.